The van der Waals surface area contributed by atoms with Crippen LogP contribution in [0.15, 0.2) is 53.4 Å². The minimum Gasteiger partial charge on any atom is -0.324 e. The topological polar surface area (TPSA) is 79.7 Å². The first kappa shape index (κ1) is 22.0. The predicted molar refractivity (Wildman–Crippen MR) is 107 cm³/mol. The fraction of sp³-hybridized carbons (Fsp3) is 0.350. The molecule has 3 N–H and O–H groups in total. The summed E-state index contributed by atoms with van der Waals surface area (Å²) in [6.07, 6.45) is 0. The Bertz CT molecular complexity index is 915. The van der Waals surface area contributed by atoms with E-state index < -0.39 is 10.0 Å². The molecule has 6 nitrogen and oxygen atoms in total. The van der Waals surface area contributed by atoms with Gasteiger partial charge in [0.2, 0.25) is 10.0 Å². The van der Waals surface area contributed by atoms with E-state index in [2.05, 4.69) is 10.0 Å². The second kappa shape index (κ2) is 9.27. The first-order chi connectivity index (χ1) is 13.1. The van der Waals surface area contributed by atoms with E-state index in [0.29, 0.717) is 12.2 Å². The van der Waals surface area contributed by atoms with Gasteiger partial charge >= 0.3 is 0 Å². The van der Waals surface area contributed by atoms with Crippen LogP contribution in [0, 0.1) is 5.82 Å². The van der Waals surface area contributed by atoms with Gasteiger partial charge in [0, 0.05) is 17.3 Å². The molecule has 0 bridgehead atoms. The summed E-state index contributed by atoms with van der Waals surface area (Å²) >= 11 is 0. The summed E-state index contributed by atoms with van der Waals surface area (Å²) in [5.41, 5.74) is 1.32. The van der Waals surface area contributed by atoms with E-state index in [4.69, 9.17) is 0 Å². The summed E-state index contributed by atoms with van der Waals surface area (Å²) in [6.45, 7) is 5.78. The Labute approximate surface area is 165 Å². The molecule has 1 unspecified atom stereocenters. The zero-order valence-electron chi connectivity index (χ0n) is 16.5. The van der Waals surface area contributed by atoms with Crippen LogP contribution in [0.1, 0.15) is 26.3 Å². The van der Waals surface area contributed by atoms with E-state index in [1.54, 1.807) is 39.0 Å². The van der Waals surface area contributed by atoms with Gasteiger partial charge in [-0.25, -0.2) is 17.5 Å². The molecule has 1 amide bonds. The number of nitrogens with one attached hydrogen (secondary N) is 3. The highest BCUT2D eigenvalue weighted by Gasteiger charge is 2.22. The predicted octanol–water partition coefficient (Wildman–Crippen LogP) is 1.55. The van der Waals surface area contributed by atoms with E-state index in [-0.39, 0.29) is 28.7 Å². The summed E-state index contributed by atoms with van der Waals surface area (Å²) in [7, 11) is -1.71. The summed E-state index contributed by atoms with van der Waals surface area (Å²) in [4.78, 5) is 13.5. The van der Waals surface area contributed by atoms with Gasteiger partial charge in [-0.1, -0.05) is 12.1 Å². The van der Waals surface area contributed by atoms with Crippen molar-refractivity contribution in [3.05, 3.63) is 59.9 Å². The van der Waals surface area contributed by atoms with Crippen LogP contribution in [-0.2, 0) is 21.4 Å². The van der Waals surface area contributed by atoms with Crippen LogP contribution in [0.3, 0.4) is 0 Å². The highest BCUT2D eigenvalue weighted by molar-refractivity contribution is 7.89. The van der Waals surface area contributed by atoms with Gasteiger partial charge in [-0.2, -0.15) is 0 Å². The fourth-order valence-electron chi connectivity index (χ4n) is 2.69. The molecule has 0 aromatic heterocycles. The maximum absolute atomic E-state index is 13.3. The summed E-state index contributed by atoms with van der Waals surface area (Å²) in [5.74, 6) is -0.505. The Morgan fingerprint density at radius 1 is 1.11 bits per heavy atom. The van der Waals surface area contributed by atoms with Crippen LogP contribution in [0.2, 0.25) is 0 Å². The average molecular weight is 409 g/mol. The van der Waals surface area contributed by atoms with Crippen molar-refractivity contribution in [2.24, 2.45) is 0 Å². The van der Waals surface area contributed by atoms with Crippen molar-refractivity contribution in [3.63, 3.8) is 0 Å². The molecule has 0 aliphatic heterocycles. The molecule has 0 aliphatic carbocycles. The van der Waals surface area contributed by atoms with Crippen LogP contribution in [0.5, 0.6) is 0 Å². The Hall–Kier alpha value is -2.29. The Balaban J connectivity index is 1.99. The number of likely N-dealkylation sites (N-methyl/N-ethyl adjacent to an activating group) is 1. The number of quaternary nitrogens is 1. The molecule has 0 fully saturated rings. The largest absolute Gasteiger partial charge is 0.324 e. The molecule has 0 saturated carbocycles. The smallest absolute Gasteiger partial charge is 0.282 e. The highest BCUT2D eigenvalue weighted by Crippen LogP contribution is 2.14. The second-order valence-corrected chi connectivity index (χ2v) is 8.88. The quantitative estimate of drug-likeness (QED) is 0.620. The lowest BCUT2D eigenvalue weighted by Crippen LogP contribution is -3.12. The van der Waals surface area contributed by atoms with E-state index in [1.807, 2.05) is 13.1 Å². The van der Waals surface area contributed by atoms with Crippen molar-refractivity contribution in [3.8, 4) is 0 Å². The standard InChI is InChI=1S/C20H26FN3O3S/c1-14(2)23-28(26,27)19-10-8-18(9-11-19)22-20(25)15(3)24(4)13-16-6-5-7-17(21)12-16/h5-12,14-15,23H,13H2,1-4H3,(H,22,25)/p+1/t15-/m1/s1. The van der Waals surface area contributed by atoms with Gasteiger partial charge in [-0.3, -0.25) is 4.79 Å². The molecule has 2 aromatic carbocycles. The zero-order chi connectivity index (χ0) is 20.9. The number of hydrogen-bond acceptors (Lipinski definition) is 3. The van der Waals surface area contributed by atoms with Crippen molar-refractivity contribution in [1.29, 1.82) is 0 Å². The lowest BCUT2D eigenvalue weighted by Gasteiger charge is -2.21. The molecule has 2 aromatic rings. The Morgan fingerprint density at radius 3 is 2.32 bits per heavy atom. The van der Waals surface area contributed by atoms with Crippen LogP contribution >= 0.6 is 0 Å². The lowest BCUT2D eigenvalue weighted by molar-refractivity contribution is -0.907. The molecule has 28 heavy (non-hydrogen) atoms. The molecule has 0 heterocycles. The van der Waals surface area contributed by atoms with Gasteiger partial charge in [0.05, 0.1) is 11.9 Å². The van der Waals surface area contributed by atoms with Gasteiger partial charge in [-0.15, -0.1) is 0 Å². The number of carbonyl (C=O) groups is 1. The maximum atomic E-state index is 13.3. The lowest BCUT2D eigenvalue weighted by atomic mass is 10.2. The molecular weight excluding hydrogens is 381 g/mol. The van der Waals surface area contributed by atoms with Crippen molar-refractivity contribution < 1.29 is 22.5 Å². The van der Waals surface area contributed by atoms with Crippen LogP contribution < -0.4 is 14.9 Å². The van der Waals surface area contributed by atoms with Crippen molar-refractivity contribution in [1.82, 2.24) is 4.72 Å². The third-order valence-electron chi connectivity index (χ3n) is 4.33. The Morgan fingerprint density at radius 2 is 1.75 bits per heavy atom. The molecule has 0 radical (unpaired) electrons. The second-order valence-electron chi connectivity index (χ2n) is 7.16. The maximum Gasteiger partial charge on any atom is 0.282 e. The zero-order valence-corrected chi connectivity index (χ0v) is 17.3. The van der Waals surface area contributed by atoms with E-state index in [0.717, 1.165) is 10.5 Å². The normalized spacial score (nSPS) is 13.9. The molecule has 0 spiro atoms. The summed E-state index contributed by atoms with van der Waals surface area (Å²) in [5, 5.41) is 2.79. The number of rotatable bonds is 8. The van der Waals surface area contributed by atoms with Crippen LogP contribution in [-0.4, -0.2) is 33.5 Å². The first-order valence-electron chi connectivity index (χ1n) is 9.08. The van der Waals surface area contributed by atoms with Crippen LogP contribution in [0.25, 0.3) is 0 Å². The monoisotopic (exact) mass is 408 g/mol. The number of hydrogen-bond donors (Lipinski definition) is 3. The van der Waals surface area contributed by atoms with E-state index in [9.17, 15) is 17.6 Å². The minimum atomic E-state index is -3.57. The minimum absolute atomic E-state index is 0.140. The first-order valence-corrected chi connectivity index (χ1v) is 10.6. The summed E-state index contributed by atoms with van der Waals surface area (Å²) < 4.78 is 40.1. The molecule has 8 heteroatoms. The SMILES string of the molecule is CC(C)NS(=O)(=O)c1ccc(NC(=O)[C@@H](C)[NH+](C)Cc2cccc(F)c2)cc1. The third kappa shape index (κ3) is 6.12. The van der Waals surface area contributed by atoms with E-state index in [1.165, 1.54) is 24.3 Å². The van der Waals surface area contributed by atoms with Crippen molar-refractivity contribution in [2.75, 3.05) is 12.4 Å². The number of amides is 1. The van der Waals surface area contributed by atoms with Gasteiger partial charge in [0.1, 0.15) is 12.4 Å². The number of benzene rings is 2. The molecule has 2 atom stereocenters. The number of halogens is 1. The van der Waals surface area contributed by atoms with Gasteiger partial charge < -0.3 is 10.2 Å². The average Bonchev–Trinajstić information content (AvgIpc) is 2.60. The molecule has 0 saturated heterocycles. The molecule has 152 valence electrons. The summed E-state index contributed by atoms with van der Waals surface area (Å²) in [6, 6.07) is 11.7. The van der Waals surface area contributed by atoms with Gasteiger partial charge in [0.15, 0.2) is 6.04 Å². The molecular formula is C20H27FN3O3S+. The molecule has 0 aliphatic rings. The van der Waals surface area contributed by atoms with Crippen LogP contribution in [0.4, 0.5) is 10.1 Å². The van der Waals surface area contributed by atoms with Gasteiger partial charge in [-0.05, 0) is 57.2 Å². The van der Waals surface area contributed by atoms with E-state index >= 15 is 0 Å². The van der Waals surface area contributed by atoms with Crippen molar-refractivity contribution in [2.45, 2.75) is 44.3 Å². The number of anilines is 1. The van der Waals surface area contributed by atoms with Gasteiger partial charge in [0.25, 0.3) is 5.91 Å². The molecule has 2 rings (SSSR count). The fourth-order valence-corrected chi connectivity index (χ4v) is 3.94. The third-order valence-corrected chi connectivity index (χ3v) is 6.00. The highest BCUT2D eigenvalue weighted by atomic mass is 32.2. The Kier molecular flexibility index (Phi) is 7.29. The number of sulfonamides is 1. The van der Waals surface area contributed by atoms with Crippen molar-refractivity contribution >= 4 is 21.6 Å². The number of carbonyl (C=O) groups excluding carboxylic acids is 1.